The van der Waals surface area contributed by atoms with Gasteiger partial charge in [0.05, 0.1) is 0 Å². The molecule has 0 saturated heterocycles. The summed E-state index contributed by atoms with van der Waals surface area (Å²) >= 11 is 0. The first-order chi connectivity index (χ1) is 9.04. The van der Waals surface area contributed by atoms with E-state index in [9.17, 15) is 0 Å². The highest BCUT2D eigenvalue weighted by atomic mass is 15.0. The van der Waals surface area contributed by atoms with E-state index in [0.29, 0.717) is 5.92 Å². The number of nitrogens with two attached hydrogens (primary N) is 1. The lowest BCUT2D eigenvalue weighted by atomic mass is 10.0. The minimum absolute atomic E-state index is 0.580. The topological polar surface area (TPSA) is 30.9 Å². The number of aromatic nitrogens is 1. The molecule has 0 aliphatic heterocycles. The zero-order valence-corrected chi connectivity index (χ0v) is 12.4. The Labute approximate surface area is 116 Å². The Morgan fingerprint density at radius 1 is 1.16 bits per heavy atom. The summed E-state index contributed by atoms with van der Waals surface area (Å²) in [6.07, 6.45) is 2.43. The van der Waals surface area contributed by atoms with E-state index in [4.69, 9.17) is 5.73 Å². The van der Waals surface area contributed by atoms with E-state index in [1.807, 2.05) is 6.07 Å². The Kier molecular flexibility index (Phi) is 3.98. The molecule has 1 heterocycles. The van der Waals surface area contributed by atoms with Crippen LogP contribution < -0.4 is 5.73 Å². The molecule has 2 nitrogen and oxygen atoms in total. The van der Waals surface area contributed by atoms with E-state index in [-0.39, 0.29) is 0 Å². The van der Waals surface area contributed by atoms with Gasteiger partial charge in [-0.05, 0) is 62.1 Å². The van der Waals surface area contributed by atoms with Gasteiger partial charge in [0.15, 0.2) is 0 Å². The molecule has 1 aromatic heterocycles. The van der Waals surface area contributed by atoms with Crippen molar-refractivity contribution in [1.82, 2.24) is 4.57 Å². The van der Waals surface area contributed by atoms with E-state index >= 15 is 0 Å². The lowest BCUT2D eigenvalue weighted by Crippen LogP contribution is -2.06. The van der Waals surface area contributed by atoms with Gasteiger partial charge in [0.25, 0.3) is 0 Å². The van der Waals surface area contributed by atoms with E-state index in [1.165, 1.54) is 29.9 Å². The van der Waals surface area contributed by atoms with Crippen molar-refractivity contribution in [3.63, 3.8) is 0 Å². The molecule has 0 amide bonds. The van der Waals surface area contributed by atoms with Crippen LogP contribution in [0.3, 0.4) is 0 Å². The standard InChI is InChI=1S/C17H24N2/c1-5-6-12(2)17-10-7-14(4)19(17)15-8-9-16(18)13(3)11-15/h7-12H,5-6,18H2,1-4H3. The monoisotopic (exact) mass is 256 g/mol. The Hall–Kier alpha value is -1.70. The van der Waals surface area contributed by atoms with Crippen LogP contribution in [0.25, 0.3) is 5.69 Å². The normalized spacial score (nSPS) is 12.6. The molecule has 0 spiro atoms. The predicted octanol–water partition coefficient (Wildman–Crippen LogP) is 4.58. The van der Waals surface area contributed by atoms with E-state index < -0.39 is 0 Å². The fourth-order valence-corrected chi connectivity index (χ4v) is 2.68. The van der Waals surface area contributed by atoms with Gasteiger partial charge >= 0.3 is 0 Å². The molecule has 0 saturated carbocycles. The molecule has 2 heteroatoms. The molecular weight excluding hydrogens is 232 g/mol. The summed E-state index contributed by atoms with van der Waals surface area (Å²) in [5.74, 6) is 0.580. The maximum Gasteiger partial charge on any atom is 0.0459 e. The lowest BCUT2D eigenvalue weighted by Gasteiger charge is -2.17. The zero-order chi connectivity index (χ0) is 14.0. The molecule has 1 aromatic carbocycles. The molecule has 2 N–H and O–H groups in total. The van der Waals surface area contributed by atoms with E-state index in [2.05, 4.69) is 56.5 Å². The summed E-state index contributed by atoms with van der Waals surface area (Å²) in [4.78, 5) is 0. The third-order valence-corrected chi connectivity index (χ3v) is 3.84. The van der Waals surface area contributed by atoms with Gasteiger partial charge in [0.1, 0.15) is 0 Å². The largest absolute Gasteiger partial charge is 0.399 e. The van der Waals surface area contributed by atoms with Gasteiger partial charge < -0.3 is 10.3 Å². The highest BCUT2D eigenvalue weighted by Gasteiger charge is 2.13. The molecule has 1 unspecified atom stereocenters. The van der Waals surface area contributed by atoms with Gasteiger partial charge in [0, 0.05) is 22.8 Å². The second-order valence-corrected chi connectivity index (χ2v) is 5.47. The SMILES string of the molecule is CCCC(C)c1ccc(C)n1-c1ccc(N)c(C)c1. The van der Waals surface area contributed by atoms with Crippen LogP contribution in [-0.2, 0) is 0 Å². The van der Waals surface area contributed by atoms with Crippen LogP contribution >= 0.6 is 0 Å². The average Bonchev–Trinajstić information content (AvgIpc) is 2.75. The molecule has 1 atom stereocenters. The Morgan fingerprint density at radius 2 is 1.89 bits per heavy atom. The van der Waals surface area contributed by atoms with Crippen LogP contribution in [0.1, 0.15) is 49.6 Å². The lowest BCUT2D eigenvalue weighted by molar-refractivity contribution is 0.633. The van der Waals surface area contributed by atoms with Crippen LogP contribution in [0.5, 0.6) is 0 Å². The van der Waals surface area contributed by atoms with E-state index in [1.54, 1.807) is 0 Å². The Bertz CT molecular complexity index is 567. The molecule has 0 bridgehead atoms. The minimum Gasteiger partial charge on any atom is -0.399 e. The van der Waals surface area contributed by atoms with Crippen molar-refractivity contribution in [2.45, 2.75) is 46.5 Å². The molecule has 0 radical (unpaired) electrons. The van der Waals surface area contributed by atoms with Gasteiger partial charge in [-0.2, -0.15) is 0 Å². The summed E-state index contributed by atoms with van der Waals surface area (Å²) in [6, 6.07) is 10.7. The fraction of sp³-hybridized carbons (Fsp3) is 0.412. The van der Waals surface area contributed by atoms with Gasteiger partial charge in [0.2, 0.25) is 0 Å². The molecule has 0 aliphatic rings. The summed E-state index contributed by atoms with van der Waals surface area (Å²) in [6.45, 7) is 8.77. The summed E-state index contributed by atoms with van der Waals surface area (Å²) in [5.41, 5.74) is 11.8. The number of nitrogens with zero attached hydrogens (tertiary/aromatic N) is 1. The van der Waals surface area contributed by atoms with Crippen molar-refractivity contribution in [3.05, 3.63) is 47.3 Å². The average molecular weight is 256 g/mol. The molecule has 2 rings (SSSR count). The minimum atomic E-state index is 0.580. The van der Waals surface area contributed by atoms with Crippen LogP contribution in [0.2, 0.25) is 0 Å². The number of rotatable bonds is 4. The maximum atomic E-state index is 5.92. The van der Waals surface area contributed by atoms with Crippen molar-refractivity contribution < 1.29 is 0 Å². The summed E-state index contributed by atoms with van der Waals surface area (Å²) in [7, 11) is 0. The maximum absolute atomic E-state index is 5.92. The molecule has 0 aliphatic carbocycles. The van der Waals surface area contributed by atoms with Crippen molar-refractivity contribution in [2.24, 2.45) is 0 Å². The van der Waals surface area contributed by atoms with Gasteiger partial charge in [-0.15, -0.1) is 0 Å². The fourth-order valence-electron chi connectivity index (χ4n) is 2.68. The second-order valence-electron chi connectivity index (χ2n) is 5.47. The Morgan fingerprint density at radius 3 is 2.53 bits per heavy atom. The number of anilines is 1. The number of hydrogen-bond acceptors (Lipinski definition) is 1. The van der Waals surface area contributed by atoms with Crippen LogP contribution in [-0.4, -0.2) is 4.57 Å². The van der Waals surface area contributed by atoms with Crippen LogP contribution in [0, 0.1) is 13.8 Å². The van der Waals surface area contributed by atoms with Crippen LogP contribution in [0.4, 0.5) is 5.69 Å². The highest BCUT2D eigenvalue weighted by Crippen LogP contribution is 2.27. The smallest absolute Gasteiger partial charge is 0.0459 e. The quantitative estimate of drug-likeness (QED) is 0.797. The first kappa shape index (κ1) is 13.7. The molecule has 0 fully saturated rings. The van der Waals surface area contributed by atoms with Crippen molar-refractivity contribution in [3.8, 4) is 5.69 Å². The van der Waals surface area contributed by atoms with E-state index in [0.717, 1.165) is 11.3 Å². The third kappa shape index (κ3) is 2.67. The van der Waals surface area contributed by atoms with Crippen molar-refractivity contribution in [1.29, 1.82) is 0 Å². The third-order valence-electron chi connectivity index (χ3n) is 3.84. The molecule has 102 valence electrons. The number of nitrogen functional groups attached to an aromatic ring is 1. The Balaban J connectivity index is 2.48. The molecule has 19 heavy (non-hydrogen) atoms. The molecule has 2 aromatic rings. The first-order valence-corrected chi connectivity index (χ1v) is 7.09. The molecular formula is C17H24N2. The van der Waals surface area contributed by atoms with Crippen molar-refractivity contribution in [2.75, 3.05) is 5.73 Å². The summed E-state index contributed by atoms with van der Waals surface area (Å²) < 4.78 is 2.35. The predicted molar refractivity (Wildman–Crippen MR) is 83.0 cm³/mol. The number of aryl methyl sites for hydroxylation is 2. The van der Waals surface area contributed by atoms with Crippen molar-refractivity contribution >= 4 is 5.69 Å². The second kappa shape index (κ2) is 5.52. The number of hydrogen-bond donors (Lipinski definition) is 1. The highest BCUT2D eigenvalue weighted by molar-refractivity contribution is 5.53. The first-order valence-electron chi connectivity index (χ1n) is 7.09. The van der Waals surface area contributed by atoms with Gasteiger partial charge in [-0.25, -0.2) is 0 Å². The summed E-state index contributed by atoms with van der Waals surface area (Å²) in [5, 5.41) is 0. The number of benzene rings is 1. The zero-order valence-electron chi connectivity index (χ0n) is 12.4. The van der Waals surface area contributed by atoms with Crippen LogP contribution in [0.15, 0.2) is 30.3 Å². The van der Waals surface area contributed by atoms with Gasteiger partial charge in [-0.1, -0.05) is 20.3 Å². The van der Waals surface area contributed by atoms with Gasteiger partial charge in [-0.3, -0.25) is 0 Å².